The van der Waals surface area contributed by atoms with Crippen LogP contribution in [0.3, 0.4) is 0 Å². The molecule has 0 aromatic heterocycles. The number of allylic oxidation sites excluding steroid dienone is 2. The number of benzene rings is 1. The van der Waals surface area contributed by atoms with Gasteiger partial charge in [0.15, 0.2) is 5.78 Å². The summed E-state index contributed by atoms with van der Waals surface area (Å²) >= 11 is 1.76. The molecule has 0 spiro atoms. The number of rotatable bonds is 2. The third-order valence-electron chi connectivity index (χ3n) is 5.48. The number of thioether (sulfide) groups is 1. The molecule has 2 aliphatic carbocycles. The van der Waals surface area contributed by atoms with Gasteiger partial charge in [-0.2, -0.15) is 0 Å². The summed E-state index contributed by atoms with van der Waals surface area (Å²) in [5.74, 6) is 0.826. The van der Waals surface area contributed by atoms with Crippen LogP contribution in [0.15, 0.2) is 46.2 Å². The molecule has 1 aromatic rings. The molecule has 2 heteroatoms. The minimum absolute atomic E-state index is 0.136. The van der Waals surface area contributed by atoms with Gasteiger partial charge in [0.1, 0.15) is 0 Å². The summed E-state index contributed by atoms with van der Waals surface area (Å²) in [4.78, 5) is 15.2. The Morgan fingerprint density at radius 2 is 1.81 bits per heavy atom. The monoisotopic (exact) mass is 300 g/mol. The van der Waals surface area contributed by atoms with E-state index in [-0.39, 0.29) is 10.8 Å². The van der Waals surface area contributed by atoms with E-state index in [1.54, 1.807) is 11.8 Å². The lowest BCUT2D eigenvalue weighted by molar-refractivity contribution is -0.134. The zero-order valence-corrected chi connectivity index (χ0v) is 14.0. The second-order valence-corrected chi connectivity index (χ2v) is 8.61. The summed E-state index contributed by atoms with van der Waals surface area (Å²) in [6.07, 6.45) is 6.45. The number of carbonyl (C=O) groups excluding carboxylic acids is 1. The smallest absolute Gasteiger partial charge is 0.162 e. The van der Waals surface area contributed by atoms with Crippen molar-refractivity contribution in [3.8, 4) is 0 Å². The Morgan fingerprint density at radius 1 is 1.10 bits per heavy atom. The van der Waals surface area contributed by atoms with Crippen LogP contribution in [-0.2, 0) is 4.79 Å². The molecule has 1 fully saturated rings. The van der Waals surface area contributed by atoms with E-state index < -0.39 is 0 Å². The molecule has 3 rings (SSSR count). The largest absolute Gasteiger partial charge is 0.294 e. The second kappa shape index (κ2) is 5.31. The maximum Gasteiger partial charge on any atom is 0.162 e. The van der Waals surface area contributed by atoms with E-state index >= 15 is 0 Å². The molecule has 0 bridgehead atoms. The Labute approximate surface area is 132 Å². The van der Waals surface area contributed by atoms with Crippen LogP contribution in [0.25, 0.3) is 0 Å². The van der Waals surface area contributed by atoms with Crippen molar-refractivity contribution in [1.82, 2.24) is 0 Å². The first-order valence-electron chi connectivity index (χ1n) is 7.90. The van der Waals surface area contributed by atoms with E-state index in [4.69, 9.17) is 0 Å². The fraction of sp³-hybridized carbons (Fsp3) is 0.526. The van der Waals surface area contributed by atoms with Gasteiger partial charge in [-0.25, -0.2) is 0 Å². The Morgan fingerprint density at radius 3 is 2.52 bits per heavy atom. The standard InChI is InChI=1S/C19H24OS/c1-18(2)10-7-11-19(3)16(18)12-15(13-17(19)20)21-14-8-5-4-6-9-14/h4-6,8-9,13,16H,7,10-12H2,1-3H3/t16-,19-/m0/s1. The molecule has 0 heterocycles. The third-order valence-corrected chi connectivity index (χ3v) is 6.54. The molecule has 2 atom stereocenters. The van der Waals surface area contributed by atoms with Crippen molar-refractivity contribution in [2.45, 2.75) is 51.3 Å². The van der Waals surface area contributed by atoms with Gasteiger partial charge in [0.25, 0.3) is 0 Å². The van der Waals surface area contributed by atoms with E-state index in [1.807, 2.05) is 12.1 Å². The maximum absolute atomic E-state index is 12.7. The van der Waals surface area contributed by atoms with Crippen LogP contribution in [0.5, 0.6) is 0 Å². The summed E-state index contributed by atoms with van der Waals surface area (Å²) in [6.45, 7) is 6.89. The fourth-order valence-corrected chi connectivity index (χ4v) is 5.21. The van der Waals surface area contributed by atoms with Crippen molar-refractivity contribution < 1.29 is 4.79 Å². The summed E-state index contributed by atoms with van der Waals surface area (Å²) in [5, 5.41) is 0. The highest BCUT2D eigenvalue weighted by molar-refractivity contribution is 8.03. The molecule has 21 heavy (non-hydrogen) atoms. The Hall–Kier alpha value is -1.02. The molecule has 112 valence electrons. The Balaban J connectivity index is 1.89. The highest BCUT2D eigenvalue weighted by atomic mass is 32.2. The van der Waals surface area contributed by atoms with Gasteiger partial charge in [0.05, 0.1) is 0 Å². The average Bonchev–Trinajstić information content (AvgIpc) is 2.42. The third kappa shape index (κ3) is 2.70. The van der Waals surface area contributed by atoms with E-state index in [1.165, 1.54) is 22.6 Å². The van der Waals surface area contributed by atoms with Gasteiger partial charge in [-0.3, -0.25) is 4.79 Å². The Bertz CT molecular complexity index is 572. The highest BCUT2D eigenvalue weighted by Crippen LogP contribution is 2.57. The average molecular weight is 300 g/mol. The topological polar surface area (TPSA) is 17.1 Å². The minimum atomic E-state index is -0.136. The minimum Gasteiger partial charge on any atom is -0.294 e. The van der Waals surface area contributed by atoms with Gasteiger partial charge in [0, 0.05) is 10.3 Å². The summed E-state index contributed by atoms with van der Waals surface area (Å²) in [6, 6.07) is 10.4. The molecule has 2 aliphatic rings. The van der Waals surface area contributed by atoms with E-state index in [0.717, 1.165) is 12.8 Å². The molecule has 0 unspecified atom stereocenters. The Kier molecular flexibility index (Phi) is 3.77. The van der Waals surface area contributed by atoms with Crippen LogP contribution in [0.2, 0.25) is 0 Å². The molecule has 1 aromatic carbocycles. The molecule has 1 nitrogen and oxygen atoms in total. The predicted octanol–water partition coefficient (Wildman–Crippen LogP) is 5.47. The lowest BCUT2D eigenvalue weighted by Gasteiger charge is -2.51. The van der Waals surface area contributed by atoms with Crippen molar-refractivity contribution in [2.24, 2.45) is 16.7 Å². The highest BCUT2D eigenvalue weighted by Gasteiger charge is 2.51. The van der Waals surface area contributed by atoms with Crippen LogP contribution in [0.1, 0.15) is 46.5 Å². The van der Waals surface area contributed by atoms with Crippen molar-refractivity contribution in [1.29, 1.82) is 0 Å². The molecule has 0 saturated heterocycles. The summed E-state index contributed by atoms with van der Waals surface area (Å²) in [7, 11) is 0. The van der Waals surface area contributed by atoms with Gasteiger partial charge in [-0.15, -0.1) is 0 Å². The lowest BCUT2D eigenvalue weighted by atomic mass is 9.52. The lowest BCUT2D eigenvalue weighted by Crippen LogP contribution is -2.48. The first-order chi connectivity index (χ1) is 9.92. The predicted molar refractivity (Wildman–Crippen MR) is 89.2 cm³/mol. The SMILES string of the molecule is CC1(C)CCC[C@]2(C)C(=O)C=C(Sc3ccccc3)C[C@@H]12. The number of fused-ring (bicyclic) bond motifs is 1. The van der Waals surface area contributed by atoms with Crippen molar-refractivity contribution in [3.63, 3.8) is 0 Å². The van der Waals surface area contributed by atoms with Gasteiger partial charge < -0.3 is 0 Å². The van der Waals surface area contributed by atoms with Crippen molar-refractivity contribution in [3.05, 3.63) is 41.3 Å². The first kappa shape index (κ1) is 14.9. The fourth-order valence-electron chi connectivity index (χ4n) is 4.20. The molecular weight excluding hydrogens is 276 g/mol. The number of hydrogen-bond donors (Lipinski definition) is 0. The van der Waals surface area contributed by atoms with Gasteiger partial charge in [-0.1, -0.05) is 57.2 Å². The zero-order chi connectivity index (χ0) is 15.1. The summed E-state index contributed by atoms with van der Waals surface area (Å²) in [5.41, 5.74) is 0.127. The molecule has 0 N–H and O–H groups in total. The molecule has 0 aliphatic heterocycles. The quantitative estimate of drug-likeness (QED) is 0.720. The van der Waals surface area contributed by atoms with Crippen molar-refractivity contribution >= 4 is 17.5 Å². The maximum atomic E-state index is 12.7. The second-order valence-electron chi connectivity index (χ2n) is 7.41. The van der Waals surface area contributed by atoms with Crippen molar-refractivity contribution in [2.75, 3.05) is 0 Å². The molecule has 0 amide bonds. The number of carbonyl (C=O) groups is 1. The first-order valence-corrected chi connectivity index (χ1v) is 8.71. The van der Waals surface area contributed by atoms with E-state index in [9.17, 15) is 4.79 Å². The zero-order valence-electron chi connectivity index (χ0n) is 13.2. The van der Waals surface area contributed by atoms with Crippen LogP contribution in [0, 0.1) is 16.7 Å². The number of ketones is 1. The van der Waals surface area contributed by atoms with Crippen LogP contribution in [-0.4, -0.2) is 5.78 Å². The summed E-state index contributed by atoms with van der Waals surface area (Å²) < 4.78 is 0. The van der Waals surface area contributed by atoms with E-state index in [0.29, 0.717) is 11.7 Å². The molecule has 0 radical (unpaired) electrons. The van der Waals surface area contributed by atoms with Crippen LogP contribution >= 0.6 is 11.8 Å². The van der Waals surface area contributed by atoms with Gasteiger partial charge in [-0.05, 0) is 53.7 Å². The van der Waals surface area contributed by atoms with Gasteiger partial charge >= 0.3 is 0 Å². The van der Waals surface area contributed by atoms with Gasteiger partial charge in [0.2, 0.25) is 0 Å². The van der Waals surface area contributed by atoms with Crippen LogP contribution in [0.4, 0.5) is 0 Å². The normalized spacial score (nSPS) is 31.5. The molecule has 1 saturated carbocycles. The molecular formula is C19H24OS. The van der Waals surface area contributed by atoms with Crippen LogP contribution < -0.4 is 0 Å². The number of hydrogen-bond acceptors (Lipinski definition) is 2. The van der Waals surface area contributed by atoms with E-state index in [2.05, 4.69) is 45.0 Å².